The first-order chi connectivity index (χ1) is 22.7. The number of halogens is 2. The Balaban J connectivity index is 1.50. The number of esters is 1. The van der Waals surface area contributed by atoms with Crippen LogP contribution in [-0.2, 0) is 26.7 Å². The molecule has 1 unspecified atom stereocenters. The van der Waals surface area contributed by atoms with Crippen molar-refractivity contribution in [3.8, 4) is 11.5 Å². The number of nitrogens with zero attached hydrogens (tertiary/aromatic N) is 4. The molecule has 5 rings (SSSR count). The minimum Gasteiger partial charge on any atom is -0.493 e. The van der Waals surface area contributed by atoms with Crippen LogP contribution < -0.4 is 14.8 Å². The summed E-state index contributed by atoms with van der Waals surface area (Å²) in [7, 11) is 1.52. The first kappa shape index (κ1) is 34.3. The molecule has 10 nitrogen and oxygen atoms in total. The van der Waals surface area contributed by atoms with E-state index in [2.05, 4.69) is 21.2 Å². The van der Waals surface area contributed by atoms with Crippen LogP contribution in [0.5, 0.6) is 11.5 Å². The van der Waals surface area contributed by atoms with Gasteiger partial charge in [-0.2, -0.15) is 4.98 Å². The average Bonchev–Trinajstić information content (AvgIpc) is 3.48. The number of anilines is 1. The molecule has 0 fully saturated rings. The number of methoxy groups -OCH3 is 1. The molecule has 0 bridgehead atoms. The molecule has 0 spiro atoms. The van der Waals surface area contributed by atoms with Crippen LogP contribution in [0.15, 0.2) is 87.6 Å². The fourth-order valence-corrected chi connectivity index (χ4v) is 6.85. The lowest BCUT2D eigenvalue weighted by atomic mass is 9.95. The lowest BCUT2D eigenvalue weighted by Crippen LogP contribution is -2.34. The summed E-state index contributed by atoms with van der Waals surface area (Å²) in [5.74, 6) is 1.13. The number of carbonyl (C=O) groups excluding carboxylic acids is 2. The Morgan fingerprint density at radius 3 is 2.51 bits per heavy atom. The van der Waals surface area contributed by atoms with Crippen LogP contribution in [0.1, 0.15) is 43.5 Å². The summed E-state index contributed by atoms with van der Waals surface area (Å²) in [5, 5.41) is 9.24. The first-order valence-corrected chi connectivity index (χ1v) is 17.2. The maximum absolute atomic E-state index is 13.8. The van der Waals surface area contributed by atoms with Crippen molar-refractivity contribution in [2.45, 2.75) is 44.3 Å². The van der Waals surface area contributed by atoms with Gasteiger partial charge in [0.25, 0.3) is 5.91 Å². The maximum Gasteiger partial charge on any atom is 0.338 e. The minimum atomic E-state index is -0.728. The second-order valence-electron chi connectivity index (χ2n) is 10.6. The zero-order chi connectivity index (χ0) is 33.5. The van der Waals surface area contributed by atoms with E-state index in [1.54, 1.807) is 15.6 Å². The highest BCUT2D eigenvalue weighted by molar-refractivity contribution is 9.10. The number of rotatable bonds is 13. The van der Waals surface area contributed by atoms with E-state index < -0.39 is 12.0 Å². The Labute approximate surface area is 291 Å². The zero-order valence-electron chi connectivity index (χ0n) is 26.5. The molecule has 1 amide bonds. The Morgan fingerprint density at radius 1 is 1.09 bits per heavy atom. The molecular formula is C34H35BrClN5O5S. The number of ether oxygens (including phenoxy) is 3. The molecule has 1 N–H and O–H groups in total. The van der Waals surface area contributed by atoms with Crippen molar-refractivity contribution in [2.75, 3.05) is 32.1 Å². The van der Waals surface area contributed by atoms with Gasteiger partial charge in [-0.1, -0.05) is 71.9 Å². The van der Waals surface area contributed by atoms with E-state index in [4.69, 9.17) is 35.9 Å². The van der Waals surface area contributed by atoms with Crippen LogP contribution in [0, 0.1) is 0 Å². The third kappa shape index (κ3) is 7.94. The summed E-state index contributed by atoms with van der Waals surface area (Å²) in [6, 6.07) is 20.0. The highest BCUT2D eigenvalue weighted by atomic mass is 79.9. The third-order valence-electron chi connectivity index (χ3n) is 7.60. The molecule has 246 valence electrons. The number of aromatic nitrogens is 3. The summed E-state index contributed by atoms with van der Waals surface area (Å²) in [6.45, 7) is 6.76. The standard InChI is InChI=1S/C34H35BrClN5O5S/c1-5-40(6-2)28(42)19-45-31-25(35)16-24(17-27(31)44-4)30-29(32(43)46-18-22-12-8-7-9-13-22)21(3)37-33-38-34(39-41(30)33)47-20-23-14-10-11-15-26(23)36/h7-17,30H,5-6,18-20H2,1-4H3,(H,37,38,39). The molecule has 4 aromatic rings. The molecule has 2 heterocycles. The van der Waals surface area contributed by atoms with Crippen LogP contribution in [0.2, 0.25) is 5.02 Å². The number of carbonyl (C=O) groups is 2. The molecule has 1 aromatic heterocycles. The lowest BCUT2D eigenvalue weighted by molar-refractivity contribution is -0.141. The fourth-order valence-electron chi connectivity index (χ4n) is 5.16. The van der Waals surface area contributed by atoms with Crippen LogP contribution >= 0.6 is 39.3 Å². The SMILES string of the molecule is CCN(CC)C(=O)COc1c(Br)cc(C2C(C(=O)OCc3ccccc3)=C(C)Nc3nc(SCc4ccccc4Cl)nn32)cc1OC. The number of fused-ring (bicyclic) bond motifs is 1. The van der Waals surface area contributed by atoms with Crippen molar-refractivity contribution >= 4 is 57.1 Å². The van der Waals surface area contributed by atoms with E-state index in [1.165, 1.54) is 18.9 Å². The summed E-state index contributed by atoms with van der Waals surface area (Å²) in [4.78, 5) is 32.9. The quantitative estimate of drug-likeness (QED) is 0.112. The highest BCUT2D eigenvalue weighted by Crippen LogP contribution is 2.43. The van der Waals surface area contributed by atoms with Gasteiger partial charge in [-0.25, -0.2) is 9.48 Å². The van der Waals surface area contributed by atoms with E-state index in [-0.39, 0.29) is 19.1 Å². The topological polar surface area (TPSA) is 108 Å². The Kier molecular flexibility index (Phi) is 11.5. The van der Waals surface area contributed by atoms with Gasteiger partial charge in [0.15, 0.2) is 18.1 Å². The molecule has 1 aliphatic heterocycles. The largest absolute Gasteiger partial charge is 0.493 e. The van der Waals surface area contributed by atoms with Gasteiger partial charge in [-0.05, 0) is 71.6 Å². The third-order valence-corrected chi connectivity index (χ3v) is 9.45. The predicted octanol–water partition coefficient (Wildman–Crippen LogP) is 7.27. The van der Waals surface area contributed by atoms with Gasteiger partial charge in [0, 0.05) is 29.6 Å². The number of benzene rings is 3. The maximum atomic E-state index is 13.8. The number of hydrogen-bond acceptors (Lipinski definition) is 9. The van der Waals surface area contributed by atoms with Gasteiger partial charge in [-0.3, -0.25) is 4.79 Å². The average molecular weight is 741 g/mol. The molecule has 1 atom stereocenters. The molecule has 0 aliphatic carbocycles. The minimum absolute atomic E-state index is 0.104. The van der Waals surface area contributed by atoms with Crippen LogP contribution in [0.25, 0.3) is 0 Å². The molecule has 1 aliphatic rings. The van der Waals surface area contributed by atoms with Gasteiger partial charge in [0.2, 0.25) is 11.1 Å². The monoisotopic (exact) mass is 739 g/mol. The van der Waals surface area contributed by atoms with E-state index in [9.17, 15) is 9.59 Å². The van der Waals surface area contributed by atoms with Crippen molar-refractivity contribution in [3.05, 3.63) is 104 Å². The van der Waals surface area contributed by atoms with Gasteiger partial charge < -0.3 is 24.4 Å². The normalized spacial score (nSPS) is 13.9. The van der Waals surface area contributed by atoms with Gasteiger partial charge in [0.1, 0.15) is 12.6 Å². The number of thioether (sulfide) groups is 1. The van der Waals surface area contributed by atoms with Crippen LogP contribution in [0.3, 0.4) is 0 Å². The van der Waals surface area contributed by atoms with Gasteiger partial charge in [-0.15, -0.1) is 5.10 Å². The number of nitrogens with one attached hydrogen (secondary N) is 1. The van der Waals surface area contributed by atoms with Crippen molar-refractivity contribution in [3.63, 3.8) is 0 Å². The highest BCUT2D eigenvalue weighted by Gasteiger charge is 2.36. The number of likely N-dealkylation sites (N-methyl/N-ethyl adjacent to an activating group) is 1. The van der Waals surface area contributed by atoms with Crippen molar-refractivity contribution in [1.29, 1.82) is 0 Å². The summed E-state index contributed by atoms with van der Waals surface area (Å²) in [6.07, 6.45) is 0. The fraction of sp³-hybridized carbons (Fsp3) is 0.294. The van der Waals surface area contributed by atoms with Gasteiger partial charge in [0.05, 0.1) is 17.2 Å². The van der Waals surface area contributed by atoms with Crippen LogP contribution in [0.4, 0.5) is 5.95 Å². The molecule has 0 radical (unpaired) electrons. The number of allylic oxidation sites excluding steroid dienone is 1. The van der Waals surface area contributed by atoms with E-state index in [0.717, 1.165) is 11.1 Å². The predicted molar refractivity (Wildman–Crippen MR) is 186 cm³/mol. The second-order valence-corrected chi connectivity index (χ2v) is 12.8. The second kappa shape index (κ2) is 15.7. The van der Waals surface area contributed by atoms with Crippen molar-refractivity contribution in [2.24, 2.45) is 0 Å². The van der Waals surface area contributed by atoms with E-state index in [0.29, 0.717) is 67.8 Å². The van der Waals surface area contributed by atoms with Crippen LogP contribution in [-0.4, -0.2) is 58.3 Å². The molecule has 13 heteroatoms. The van der Waals surface area contributed by atoms with E-state index in [1.807, 2.05) is 81.4 Å². The summed E-state index contributed by atoms with van der Waals surface area (Å²) < 4.78 is 19.7. The Hall–Kier alpha value is -4.00. The number of amides is 1. The molecular weight excluding hydrogens is 706 g/mol. The Morgan fingerprint density at radius 2 is 1.81 bits per heavy atom. The first-order valence-electron chi connectivity index (χ1n) is 15.0. The summed E-state index contributed by atoms with van der Waals surface area (Å²) >= 11 is 11.4. The lowest BCUT2D eigenvalue weighted by Gasteiger charge is -2.29. The van der Waals surface area contributed by atoms with Crippen molar-refractivity contribution < 1.29 is 23.8 Å². The van der Waals surface area contributed by atoms with Crippen molar-refractivity contribution in [1.82, 2.24) is 19.7 Å². The number of hydrogen-bond donors (Lipinski definition) is 1. The zero-order valence-corrected chi connectivity index (χ0v) is 29.6. The summed E-state index contributed by atoms with van der Waals surface area (Å²) in [5.41, 5.74) is 3.43. The molecule has 0 saturated heterocycles. The van der Waals surface area contributed by atoms with Gasteiger partial charge >= 0.3 is 5.97 Å². The Bertz CT molecular complexity index is 1780. The smallest absolute Gasteiger partial charge is 0.338 e. The molecule has 3 aromatic carbocycles. The molecule has 0 saturated carbocycles. The molecule has 47 heavy (non-hydrogen) atoms. The van der Waals surface area contributed by atoms with E-state index >= 15 is 0 Å².